The van der Waals surface area contributed by atoms with Gasteiger partial charge in [-0.05, 0) is 56.7 Å². The van der Waals surface area contributed by atoms with Gasteiger partial charge in [-0.15, -0.1) is 0 Å². The van der Waals surface area contributed by atoms with Gasteiger partial charge in [-0.2, -0.15) is 0 Å². The second kappa shape index (κ2) is 4.65. The van der Waals surface area contributed by atoms with Crippen molar-refractivity contribution in [2.75, 3.05) is 6.54 Å². The highest BCUT2D eigenvalue weighted by atomic mass is 15.0. The molecule has 0 unspecified atom stereocenters. The molecule has 2 rings (SSSR count). The molecule has 1 aromatic heterocycles. The van der Waals surface area contributed by atoms with Crippen LogP contribution in [0.25, 0.3) is 0 Å². The fraction of sp³-hybridized carbons (Fsp3) is 0.667. The van der Waals surface area contributed by atoms with Crippen LogP contribution in [0.2, 0.25) is 0 Å². The third-order valence-electron chi connectivity index (χ3n) is 3.44. The van der Waals surface area contributed by atoms with Gasteiger partial charge in [-0.3, -0.25) is 0 Å². The van der Waals surface area contributed by atoms with Gasteiger partial charge in [-0.25, -0.2) is 0 Å². The predicted octanol–water partition coefficient (Wildman–Crippen LogP) is 2.57. The smallest absolute Gasteiger partial charge is 0.0330 e. The number of nitrogens with two attached hydrogens (primary N) is 1. The highest BCUT2D eigenvalue weighted by Crippen LogP contribution is 2.33. The molecule has 1 aromatic rings. The van der Waals surface area contributed by atoms with Crippen LogP contribution in [0.15, 0.2) is 24.5 Å². The molecule has 2 heteroatoms. The molecule has 0 radical (unpaired) electrons. The monoisotopic (exact) mass is 192 g/mol. The topological polar surface area (TPSA) is 30.9 Å². The zero-order valence-electron chi connectivity index (χ0n) is 8.73. The Morgan fingerprint density at radius 3 is 2.29 bits per heavy atom. The van der Waals surface area contributed by atoms with E-state index in [-0.39, 0.29) is 0 Å². The largest absolute Gasteiger partial charge is 0.351 e. The Bertz CT molecular complexity index is 245. The molecule has 1 fully saturated rings. The molecule has 0 aliphatic heterocycles. The summed E-state index contributed by atoms with van der Waals surface area (Å²) in [7, 11) is 0. The average molecular weight is 192 g/mol. The van der Waals surface area contributed by atoms with Gasteiger partial charge in [-0.1, -0.05) is 0 Å². The Labute approximate surface area is 86.1 Å². The summed E-state index contributed by atoms with van der Waals surface area (Å²) in [6.07, 6.45) is 11.0. The standard InChI is InChI=1S/C12H20N2/c13-8-7-11-3-5-12(6-4-11)14-9-1-2-10-14/h1-2,9-12H,3-8,13H2. The Kier molecular flexibility index (Phi) is 3.25. The SMILES string of the molecule is NCCC1CCC(n2cccc2)CC1. The van der Waals surface area contributed by atoms with Crippen LogP contribution in [-0.4, -0.2) is 11.1 Å². The van der Waals surface area contributed by atoms with Crippen LogP contribution in [0, 0.1) is 5.92 Å². The van der Waals surface area contributed by atoms with Crippen LogP contribution in [0.1, 0.15) is 38.1 Å². The second-order valence-corrected chi connectivity index (χ2v) is 4.38. The summed E-state index contributed by atoms with van der Waals surface area (Å²) >= 11 is 0. The minimum atomic E-state index is 0.749. The molecular weight excluding hydrogens is 172 g/mol. The van der Waals surface area contributed by atoms with Crippen LogP contribution >= 0.6 is 0 Å². The molecule has 0 bridgehead atoms. The van der Waals surface area contributed by atoms with E-state index in [1.54, 1.807) is 0 Å². The lowest BCUT2D eigenvalue weighted by molar-refractivity contribution is 0.266. The van der Waals surface area contributed by atoms with E-state index >= 15 is 0 Å². The first kappa shape index (κ1) is 9.78. The van der Waals surface area contributed by atoms with Crippen LogP contribution in [0.3, 0.4) is 0 Å². The third kappa shape index (κ3) is 2.18. The zero-order chi connectivity index (χ0) is 9.80. The summed E-state index contributed by atoms with van der Waals surface area (Å²) in [5, 5.41) is 0. The highest BCUT2D eigenvalue weighted by Gasteiger charge is 2.20. The lowest BCUT2D eigenvalue weighted by Crippen LogP contribution is -2.19. The minimum absolute atomic E-state index is 0.749. The van der Waals surface area contributed by atoms with Crippen molar-refractivity contribution in [2.24, 2.45) is 11.7 Å². The second-order valence-electron chi connectivity index (χ2n) is 4.38. The molecule has 1 aliphatic rings. The molecule has 0 atom stereocenters. The molecule has 0 aromatic carbocycles. The molecule has 78 valence electrons. The maximum absolute atomic E-state index is 5.58. The van der Waals surface area contributed by atoms with E-state index in [0.29, 0.717) is 0 Å². The van der Waals surface area contributed by atoms with Crippen molar-refractivity contribution in [3.05, 3.63) is 24.5 Å². The first-order chi connectivity index (χ1) is 6.90. The first-order valence-corrected chi connectivity index (χ1v) is 5.72. The van der Waals surface area contributed by atoms with Gasteiger partial charge in [0.2, 0.25) is 0 Å². The lowest BCUT2D eigenvalue weighted by atomic mass is 9.84. The maximum Gasteiger partial charge on any atom is 0.0330 e. The Morgan fingerprint density at radius 2 is 1.71 bits per heavy atom. The Balaban J connectivity index is 1.84. The Hall–Kier alpha value is -0.760. The summed E-state index contributed by atoms with van der Waals surface area (Å²) in [5.41, 5.74) is 5.58. The molecule has 2 N–H and O–H groups in total. The van der Waals surface area contributed by atoms with E-state index in [1.807, 2.05) is 0 Å². The van der Waals surface area contributed by atoms with Crippen LogP contribution in [0.5, 0.6) is 0 Å². The normalized spacial score (nSPS) is 27.8. The van der Waals surface area contributed by atoms with Gasteiger partial charge in [0.25, 0.3) is 0 Å². The van der Waals surface area contributed by atoms with Crippen molar-refractivity contribution < 1.29 is 0 Å². The summed E-state index contributed by atoms with van der Waals surface area (Å²) in [5.74, 6) is 0.895. The first-order valence-electron chi connectivity index (χ1n) is 5.72. The molecule has 1 heterocycles. The highest BCUT2D eigenvalue weighted by molar-refractivity contribution is 4.94. The van der Waals surface area contributed by atoms with Gasteiger partial charge in [0.15, 0.2) is 0 Å². The van der Waals surface area contributed by atoms with Gasteiger partial charge < -0.3 is 10.3 Å². The van der Waals surface area contributed by atoms with E-state index in [1.165, 1.54) is 32.1 Å². The molecule has 0 saturated heterocycles. The van der Waals surface area contributed by atoms with Gasteiger partial charge in [0, 0.05) is 18.4 Å². The fourth-order valence-corrected chi connectivity index (χ4v) is 2.56. The maximum atomic E-state index is 5.58. The van der Waals surface area contributed by atoms with Crippen molar-refractivity contribution in [1.82, 2.24) is 4.57 Å². The van der Waals surface area contributed by atoms with E-state index in [9.17, 15) is 0 Å². The number of hydrogen-bond acceptors (Lipinski definition) is 1. The molecule has 0 amide bonds. The van der Waals surface area contributed by atoms with Crippen molar-refractivity contribution >= 4 is 0 Å². The van der Waals surface area contributed by atoms with E-state index in [0.717, 1.165) is 18.5 Å². The van der Waals surface area contributed by atoms with Crippen molar-refractivity contribution in [1.29, 1.82) is 0 Å². The number of hydrogen-bond donors (Lipinski definition) is 1. The molecule has 14 heavy (non-hydrogen) atoms. The molecular formula is C12H20N2. The van der Waals surface area contributed by atoms with E-state index in [4.69, 9.17) is 5.73 Å². The van der Waals surface area contributed by atoms with Gasteiger partial charge in [0.1, 0.15) is 0 Å². The van der Waals surface area contributed by atoms with Crippen LogP contribution in [-0.2, 0) is 0 Å². The molecule has 0 spiro atoms. The van der Waals surface area contributed by atoms with Crippen LogP contribution < -0.4 is 5.73 Å². The predicted molar refractivity (Wildman–Crippen MR) is 59.1 cm³/mol. The number of rotatable bonds is 3. The van der Waals surface area contributed by atoms with E-state index < -0.39 is 0 Å². The van der Waals surface area contributed by atoms with Crippen molar-refractivity contribution in [3.63, 3.8) is 0 Å². The lowest BCUT2D eigenvalue weighted by Gasteiger charge is -2.29. The van der Waals surface area contributed by atoms with Gasteiger partial charge in [0.05, 0.1) is 0 Å². The van der Waals surface area contributed by atoms with Crippen molar-refractivity contribution in [2.45, 2.75) is 38.1 Å². The number of nitrogens with zero attached hydrogens (tertiary/aromatic N) is 1. The number of aromatic nitrogens is 1. The summed E-state index contributed by atoms with van der Waals surface area (Å²) < 4.78 is 2.36. The summed E-state index contributed by atoms with van der Waals surface area (Å²) in [4.78, 5) is 0. The average Bonchev–Trinajstić information content (AvgIpc) is 2.72. The van der Waals surface area contributed by atoms with Crippen molar-refractivity contribution in [3.8, 4) is 0 Å². The molecule has 2 nitrogen and oxygen atoms in total. The summed E-state index contributed by atoms with van der Waals surface area (Å²) in [6.45, 7) is 0.860. The molecule has 1 aliphatic carbocycles. The zero-order valence-corrected chi connectivity index (χ0v) is 8.73. The van der Waals surface area contributed by atoms with Gasteiger partial charge >= 0.3 is 0 Å². The summed E-state index contributed by atoms with van der Waals surface area (Å²) in [6, 6.07) is 4.98. The molecule has 1 saturated carbocycles. The minimum Gasteiger partial charge on any atom is -0.351 e. The third-order valence-corrected chi connectivity index (χ3v) is 3.44. The Morgan fingerprint density at radius 1 is 1.07 bits per heavy atom. The quantitative estimate of drug-likeness (QED) is 0.784. The van der Waals surface area contributed by atoms with E-state index in [2.05, 4.69) is 29.1 Å². The van der Waals surface area contributed by atoms with Crippen LogP contribution in [0.4, 0.5) is 0 Å². The fourth-order valence-electron chi connectivity index (χ4n) is 2.56.